The Balaban J connectivity index is 1.19. The van der Waals surface area contributed by atoms with Crippen molar-refractivity contribution >= 4 is 35.0 Å². The van der Waals surface area contributed by atoms with Crippen molar-refractivity contribution in [1.82, 2.24) is 25.8 Å². The van der Waals surface area contributed by atoms with Gasteiger partial charge in [-0.15, -0.1) is 0 Å². The lowest BCUT2D eigenvalue weighted by Crippen LogP contribution is -2.60. The van der Waals surface area contributed by atoms with Crippen LogP contribution in [-0.4, -0.2) is 85.0 Å². The van der Waals surface area contributed by atoms with Crippen molar-refractivity contribution in [2.45, 2.75) is 49.9 Å². The Bertz CT molecular complexity index is 1510. The maximum Gasteiger partial charge on any atom is 0.250 e. The van der Waals surface area contributed by atoms with Crippen LogP contribution in [0.15, 0.2) is 78.9 Å². The number of carbonyl (C=O) groups excluding carboxylic acids is 3. The van der Waals surface area contributed by atoms with Gasteiger partial charge in [-0.05, 0) is 67.3 Å². The van der Waals surface area contributed by atoms with Crippen LogP contribution in [-0.2, 0) is 33.8 Å². The van der Waals surface area contributed by atoms with Crippen LogP contribution >= 0.6 is 11.6 Å². The average Bonchev–Trinajstić information content (AvgIpc) is 3.34. The first-order chi connectivity index (χ1) is 21.9. The Morgan fingerprint density at radius 2 is 1.67 bits per heavy atom. The lowest BCUT2D eigenvalue weighted by atomic mass is 9.85. The molecule has 0 aromatic heterocycles. The third-order valence-corrected chi connectivity index (χ3v) is 9.73. The van der Waals surface area contributed by atoms with Crippen LogP contribution in [0.2, 0.25) is 5.02 Å². The summed E-state index contributed by atoms with van der Waals surface area (Å²) >= 11 is 6.13. The van der Waals surface area contributed by atoms with Crippen molar-refractivity contribution < 1.29 is 14.4 Å². The summed E-state index contributed by atoms with van der Waals surface area (Å²) in [7, 11) is 1.89. The Morgan fingerprint density at radius 3 is 2.38 bits per heavy atom. The standard InChI is InChI=1S/C35H41ClN6O3/c1-37-17-20-41-24-42(29-9-3-2-4-10-29)35(34(41)45)15-18-40(19-16-35)33(44)31(21-25-11-13-28(36)14-12-25)39-32(43)30-22-26-7-5-6-8-27(26)23-38-30/h2-14,30-31,37-38H,15-24H2,1H3,(H,39,43). The predicted octanol–water partition coefficient (Wildman–Crippen LogP) is 2.97. The molecular formula is C35H41ClN6O3. The molecule has 3 amide bonds. The molecule has 2 atom stereocenters. The molecule has 2 fully saturated rings. The molecule has 3 aromatic rings. The van der Waals surface area contributed by atoms with E-state index < -0.39 is 17.6 Å². The van der Waals surface area contributed by atoms with Gasteiger partial charge in [-0.1, -0.05) is 66.2 Å². The maximum atomic E-state index is 14.2. The number of para-hydroxylation sites is 1. The molecule has 6 rings (SSSR count). The molecular weight excluding hydrogens is 588 g/mol. The molecule has 0 saturated carbocycles. The number of likely N-dealkylation sites (tertiary alicyclic amines) is 1. The minimum Gasteiger partial charge on any atom is -0.343 e. The number of halogens is 1. The van der Waals surface area contributed by atoms with Crippen molar-refractivity contribution in [2.75, 3.05) is 44.8 Å². The van der Waals surface area contributed by atoms with Gasteiger partial charge in [0.05, 0.1) is 12.7 Å². The average molecular weight is 629 g/mol. The van der Waals surface area contributed by atoms with Crippen molar-refractivity contribution in [3.8, 4) is 0 Å². The second-order valence-electron chi connectivity index (χ2n) is 12.2. The second-order valence-corrected chi connectivity index (χ2v) is 12.7. The summed E-state index contributed by atoms with van der Waals surface area (Å²) in [6, 6.07) is 24.4. The zero-order valence-corrected chi connectivity index (χ0v) is 26.4. The highest BCUT2D eigenvalue weighted by Crippen LogP contribution is 2.39. The summed E-state index contributed by atoms with van der Waals surface area (Å²) in [4.78, 5) is 47.7. The van der Waals surface area contributed by atoms with Gasteiger partial charge in [0.15, 0.2) is 0 Å². The molecule has 0 bridgehead atoms. The maximum absolute atomic E-state index is 14.2. The summed E-state index contributed by atoms with van der Waals surface area (Å²) in [6.07, 6.45) is 1.95. The fourth-order valence-corrected chi connectivity index (χ4v) is 7.03. The van der Waals surface area contributed by atoms with E-state index in [1.807, 2.05) is 71.4 Å². The summed E-state index contributed by atoms with van der Waals surface area (Å²) in [5.41, 5.74) is 3.54. The Morgan fingerprint density at radius 1 is 0.978 bits per heavy atom. The van der Waals surface area contributed by atoms with E-state index in [1.165, 1.54) is 5.56 Å². The highest BCUT2D eigenvalue weighted by Gasteiger charge is 2.54. The molecule has 2 saturated heterocycles. The summed E-state index contributed by atoms with van der Waals surface area (Å²) < 4.78 is 0. The van der Waals surface area contributed by atoms with Gasteiger partial charge in [-0.2, -0.15) is 0 Å². The number of likely N-dealkylation sites (N-methyl/N-ethyl adjacent to an activating group) is 1. The third-order valence-electron chi connectivity index (χ3n) is 9.48. The highest BCUT2D eigenvalue weighted by molar-refractivity contribution is 6.30. The molecule has 3 aliphatic rings. The molecule has 236 valence electrons. The van der Waals surface area contributed by atoms with Gasteiger partial charge in [0.2, 0.25) is 17.7 Å². The number of carbonyl (C=O) groups is 3. The van der Waals surface area contributed by atoms with Crippen molar-refractivity contribution in [1.29, 1.82) is 0 Å². The van der Waals surface area contributed by atoms with Crippen molar-refractivity contribution in [3.05, 3.63) is 101 Å². The Hall–Kier alpha value is -3.92. The number of nitrogens with one attached hydrogen (secondary N) is 3. The highest BCUT2D eigenvalue weighted by atomic mass is 35.5. The van der Waals surface area contributed by atoms with Crippen molar-refractivity contribution in [3.63, 3.8) is 0 Å². The molecule has 3 N–H and O–H groups in total. The van der Waals surface area contributed by atoms with Crippen LogP contribution in [0.25, 0.3) is 0 Å². The number of anilines is 1. The minimum atomic E-state index is -0.747. The molecule has 2 unspecified atom stereocenters. The predicted molar refractivity (Wildman–Crippen MR) is 176 cm³/mol. The molecule has 1 spiro atoms. The topological polar surface area (TPSA) is 97.0 Å². The van der Waals surface area contributed by atoms with Gasteiger partial charge >= 0.3 is 0 Å². The quantitative estimate of drug-likeness (QED) is 0.337. The molecule has 10 heteroatoms. The number of amides is 3. The third kappa shape index (κ3) is 6.57. The fraction of sp³-hybridized carbons (Fsp3) is 0.400. The number of hydrogen-bond acceptors (Lipinski definition) is 6. The van der Waals surface area contributed by atoms with Crippen LogP contribution in [0.3, 0.4) is 0 Å². The zero-order valence-electron chi connectivity index (χ0n) is 25.7. The fourth-order valence-electron chi connectivity index (χ4n) is 6.91. The van der Waals surface area contributed by atoms with E-state index in [-0.39, 0.29) is 17.7 Å². The Kier molecular flexibility index (Phi) is 9.40. The minimum absolute atomic E-state index is 0.114. The van der Waals surface area contributed by atoms with E-state index in [2.05, 4.69) is 33.0 Å². The van der Waals surface area contributed by atoms with Crippen LogP contribution in [0, 0.1) is 0 Å². The van der Waals surface area contributed by atoms with Gasteiger partial charge in [0.1, 0.15) is 11.6 Å². The zero-order chi connectivity index (χ0) is 31.4. The summed E-state index contributed by atoms with van der Waals surface area (Å²) in [5, 5.41) is 10.2. The number of benzene rings is 3. The molecule has 9 nitrogen and oxygen atoms in total. The normalized spacial score (nSPS) is 19.8. The lowest BCUT2D eigenvalue weighted by molar-refractivity contribution is -0.141. The Labute approximate surface area is 269 Å². The number of fused-ring (bicyclic) bond motifs is 1. The van der Waals surface area contributed by atoms with E-state index in [0.29, 0.717) is 70.1 Å². The molecule has 45 heavy (non-hydrogen) atoms. The number of nitrogens with zero attached hydrogens (tertiary/aromatic N) is 3. The van der Waals surface area contributed by atoms with Gasteiger partial charge in [0.25, 0.3) is 0 Å². The van der Waals surface area contributed by atoms with Crippen LogP contribution in [0.4, 0.5) is 5.69 Å². The van der Waals surface area contributed by atoms with E-state index in [1.54, 1.807) is 12.1 Å². The van der Waals surface area contributed by atoms with E-state index in [9.17, 15) is 14.4 Å². The van der Waals surface area contributed by atoms with Gasteiger partial charge in [-0.25, -0.2) is 0 Å². The van der Waals surface area contributed by atoms with E-state index in [4.69, 9.17) is 11.6 Å². The summed E-state index contributed by atoms with van der Waals surface area (Å²) in [6.45, 7) is 3.31. The number of hydrogen-bond donors (Lipinski definition) is 3. The van der Waals surface area contributed by atoms with Crippen LogP contribution in [0.5, 0.6) is 0 Å². The van der Waals surface area contributed by atoms with Gasteiger partial charge in [0, 0.05) is 49.9 Å². The SMILES string of the molecule is CNCCN1CN(c2ccccc2)C2(CCN(C(=O)C(Cc3ccc(Cl)cc3)NC(=O)C3Cc4ccccc4CN3)CC2)C1=O. The first kappa shape index (κ1) is 31.1. The largest absolute Gasteiger partial charge is 0.343 e. The number of rotatable bonds is 9. The second kappa shape index (κ2) is 13.6. The van der Waals surface area contributed by atoms with E-state index >= 15 is 0 Å². The van der Waals surface area contributed by atoms with Gasteiger partial charge in [-0.3, -0.25) is 14.4 Å². The van der Waals surface area contributed by atoms with Gasteiger partial charge < -0.3 is 30.7 Å². The lowest BCUT2D eigenvalue weighted by Gasteiger charge is -2.44. The molecule has 0 aliphatic carbocycles. The molecule has 0 radical (unpaired) electrons. The van der Waals surface area contributed by atoms with Crippen LogP contribution < -0.4 is 20.9 Å². The van der Waals surface area contributed by atoms with E-state index in [0.717, 1.165) is 16.8 Å². The van der Waals surface area contributed by atoms with Crippen LogP contribution in [0.1, 0.15) is 29.5 Å². The first-order valence-corrected chi connectivity index (χ1v) is 16.2. The summed E-state index contributed by atoms with van der Waals surface area (Å²) in [5.74, 6) is -0.205. The van der Waals surface area contributed by atoms with Crippen molar-refractivity contribution in [2.24, 2.45) is 0 Å². The molecule has 3 aliphatic heterocycles. The monoisotopic (exact) mass is 628 g/mol. The number of piperidine rings is 1. The molecule has 3 aromatic carbocycles. The smallest absolute Gasteiger partial charge is 0.250 e. The molecule has 3 heterocycles. The first-order valence-electron chi connectivity index (χ1n) is 15.8.